The fourth-order valence-electron chi connectivity index (χ4n) is 1.16. The van der Waals surface area contributed by atoms with E-state index in [4.69, 9.17) is 9.84 Å². The predicted molar refractivity (Wildman–Crippen MR) is 66.2 cm³/mol. The van der Waals surface area contributed by atoms with Gasteiger partial charge in [0.05, 0.1) is 25.5 Å². The molecule has 108 valence electrons. The summed E-state index contributed by atoms with van der Waals surface area (Å²) in [5, 5.41) is 13.5. The van der Waals surface area contributed by atoms with Gasteiger partial charge in [0.15, 0.2) is 5.69 Å². The molecule has 0 aliphatic carbocycles. The van der Waals surface area contributed by atoms with Crippen LogP contribution >= 0.6 is 0 Å². The van der Waals surface area contributed by atoms with Gasteiger partial charge in [0.2, 0.25) is 5.91 Å². The van der Waals surface area contributed by atoms with Crippen LogP contribution in [0.4, 0.5) is 0 Å². The summed E-state index contributed by atoms with van der Waals surface area (Å²) < 4.78 is 4.75. The number of nitrogens with zero attached hydrogens (tertiary/aromatic N) is 2. The van der Waals surface area contributed by atoms with E-state index in [1.807, 2.05) is 0 Å². The van der Waals surface area contributed by atoms with Gasteiger partial charge < -0.3 is 20.5 Å². The van der Waals surface area contributed by atoms with Gasteiger partial charge >= 0.3 is 5.97 Å². The predicted octanol–water partition coefficient (Wildman–Crippen LogP) is -1.33. The lowest BCUT2D eigenvalue weighted by atomic mass is 10.4. The molecule has 9 nitrogen and oxygen atoms in total. The maximum Gasteiger partial charge on any atom is 0.356 e. The van der Waals surface area contributed by atoms with Crippen molar-refractivity contribution in [3.8, 4) is 0 Å². The number of aromatic carboxylic acids is 1. The van der Waals surface area contributed by atoms with Gasteiger partial charge in [-0.25, -0.2) is 14.8 Å². The fraction of sp³-hybridized carbons (Fsp3) is 0.364. The standard InChI is InChI=1S/C11H14N4O5/c1-20-3-2-12-9(16)6-15-10(17)7-4-14-8(5-13-7)11(18)19/h4-5H,2-3,6H2,1H3,(H,12,16)(H,15,17)(H,18,19). The van der Waals surface area contributed by atoms with Crippen LogP contribution in [0.15, 0.2) is 12.4 Å². The van der Waals surface area contributed by atoms with Crippen LogP contribution in [-0.4, -0.2) is 59.7 Å². The molecule has 9 heteroatoms. The number of carbonyl (C=O) groups is 3. The Morgan fingerprint density at radius 3 is 2.40 bits per heavy atom. The lowest BCUT2D eigenvalue weighted by Crippen LogP contribution is -2.38. The largest absolute Gasteiger partial charge is 0.476 e. The van der Waals surface area contributed by atoms with Crippen molar-refractivity contribution in [2.24, 2.45) is 0 Å². The van der Waals surface area contributed by atoms with E-state index in [-0.39, 0.29) is 23.8 Å². The fourth-order valence-corrected chi connectivity index (χ4v) is 1.16. The Hall–Kier alpha value is -2.55. The van der Waals surface area contributed by atoms with E-state index < -0.39 is 11.9 Å². The van der Waals surface area contributed by atoms with E-state index >= 15 is 0 Å². The number of amides is 2. The molecule has 0 fully saturated rings. The van der Waals surface area contributed by atoms with Crippen LogP contribution in [0, 0.1) is 0 Å². The summed E-state index contributed by atoms with van der Waals surface area (Å²) in [5.74, 6) is -2.22. The molecule has 0 bridgehead atoms. The van der Waals surface area contributed by atoms with E-state index in [1.165, 1.54) is 7.11 Å². The van der Waals surface area contributed by atoms with E-state index in [0.717, 1.165) is 12.4 Å². The highest BCUT2D eigenvalue weighted by atomic mass is 16.5. The van der Waals surface area contributed by atoms with Crippen molar-refractivity contribution < 1.29 is 24.2 Å². The van der Waals surface area contributed by atoms with Gasteiger partial charge in [-0.05, 0) is 0 Å². The summed E-state index contributed by atoms with van der Waals surface area (Å²) in [6, 6.07) is 0. The molecule has 0 saturated heterocycles. The van der Waals surface area contributed by atoms with Crippen LogP contribution in [0.25, 0.3) is 0 Å². The molecule has 3 N–H and O–H groups in total. The van der Waals surface area contributed by atoms with Gasteiger partial charge in [0.25, 0.3) is 5.91 Å². The molecular weight excluding hydrogens is 268 g/mol. The third-order valence-electron chi connectivity index (χ3n) is 2.14. The first-order chi connectivity index (χ1) is 9.54. The van der Waals surface area contributed by atoms with Crippen molar-refractivity contribution in [3.05, 3.63) is 23.8 Å². The number of methoxy groups -OCH3 is 1. The van der Waals surface area contributed by atoms with Crippen LogP contribution < -0.4 is 10.6 Å². The van der Waals surface area contributed by atoms with Crippen LogP contribution in [0.5, 0.6) is 0 Å². The Labute approximate surface area is 114 Å². The number of carboxylic acids is 1. The molecule has 1 heterocycles. The highest BCUT2D eigenvalue weighted by Gasteiger charge is 2.11. The Balaban J connectivity index is 2.42. The number of aromatic nitrogens is 2. The summed E-state index contributed by atoms with van der Waals surface area (Å²) in [4.78, 5) is 40.6. The van der Waals surface area contributed by atoms with Crippen LogP contribution in [0.2, 0.25) is 0 Å². The number of ether oxygens (including phenoxy) is 1. The highest BCUT2D eigenvalue weighted by Crippen LogP contribution is 1.95. The van der Waals surface area contributed by atoms with Crippen molar-refractivity contribution in [2.75, 3.05) is 26.8 Å². The number of hydrogen-bond donors (Lipinski definition) is 3. The SMILES string of the molecule is COCCNC(=O)CNC(=O)c1cnc(C(=O)O)cn1. The Morgan fingerprint density at radius 1 is 1.20 bits per heavy atom. The molecule has 0 saturated carbocycles. The van der Waals surface area contributed by atoms with Gasteiger partial charge in [-0.3, -0.25) is 9.59 Å². The van der Waals surface area contributed by atoms with E-state index in [9.17, 15) is 14.4 Å². The van der Waals surface area contributed by atoms with Gasteiger partial charge in [-0.15, -0.1) is 0 Å². The molecule has 1 aromatic rings. The second-order valence-electron chi connectivity index (χ2n) is 3.62. The van der Waals surface area contributed by atoms with Crippen LogP contribution in [0.1, 0.15) is 21.0 Å². The molecule has 0 unspecified atom stereocenters. The van der Waals surface area contributed by atoms with Crippen LogP contribution in [-0.2, 0) is 9.53 Å². The lowest BCUT2D eigenvalue weighted by Gasteiger charge is -2.06. The Morgan fingerprint density at radius 2 is 1.85 bits per heavy atom. The van der Waals surface area contributed by atoms with Crippen molar-refractivity contribution >= 4 is 17.8 Å². The zero-order valence-electron chi connectivity index (χ0n) is 10.8. The summed E-state index contributed by atoms with van der Waals surface area (Å²) in [6.45, 7) is 0.505. The van der Waals surface area contributed by atoms with Gasteiger partial charge in [-0.2, -0.15) is 0 Å². The molecule has 0 aliphatic rings. The van der Waals surface area contributed by atoms with Crippen molar-refractivity contribution in [1.29, 1.82) is 0 Å². The minimum Gasteiger partial charge on any atom is -0.476 e. The normalized spacial score (nSPS) is 9.85. The van der Waals surface area contributed by atoms with E-state index in [1.54, 1.807) is 0 Å². The number of carbonyl (C=O) groups excluding carboxylic acids is 2. The number of rotatable bonds is 7. The second-order valence-corrected chi connectivity index (χ2v) is 3.62. The molecule has 0 atom stereocenters. The molecule has 0 aliphatic heterocycles. The molecular formula is C11H14N4O5. The quantitative estimate of drug-likeness (QED) is 0.528. The number of hydrogen-bond acceptors (Lipinski definition) is 6. The smallest absolute Gasteiger partial charge is 0.356 e. The maximum atomic E-state index is 11.6. The van der Waals surface area contributed by atoms with Crippen molar-refractivity contribution in [3.63, 3.8) is 0 Å². The summed E-state index contributed by atoms with van der Waals surface area (Å²) in [5.41, 5.74) is -0.335. The molecule has 0 spiro atoms. The first-order valence-electron chi connectivity index (χ1n) is 5.63. The second kappa shape index (κ2) is 7.79. The summed E-state index contributed by atoms with van der Waals surface area (Å²) in [6.07, 6.45) is 2.00. The third-order valence-corrected chi connectivity index (χ3v) is 2.14. The first kappa shape index (κ1) is 15.5. The molecule has 1 rings (SSSR count). The minimum absolute atomic E-state index is 0.0697. The molecule has 0 aromatic carbocycles. The van der Waals surface area contributed by atoms with Gasteiger partial charge in [0.1, 0.15) is 5.69 Å². The van der Waals surface area contributed by atoms with E-state index in [2.05, 4.69) is 20.6 Å². The number of carboxylic acid groups (broad SMARTS) is 1. The number of nitrogens with one attached hydrogen (secondary N) is 2. The molecule has 0 radical (unpaired) electrons. The third kappa shape index (κ3) is 4.98. The van der Waals surface area contributed by atoms with Crippen LogP contribution in [0.3, 0.4) is 0 Å². The Kier molecular flexibility index (Phi) is 6.04. The van der Waals surface area contributed by atoms with Crippen molar-refractivity contribution in [2.45, 2.75) is 0 Å². The molecule has 2 amide bonds. The maximum absolute atomic E-state index is 11.6. The zero-order chi connectivity index (χ0) is 15.0. The Bertz CT molecular complexity index is 488. The minimum atomic E-state index is -1.23. The topological polar surface area (TPSA) is 131 Å². The zero-order valence-corrected chi connectivity index (χ0v) is 10.8. The average molecular weight is 282 g/mol. The van der Waals surface area contributed by atoms with E-state index in [0.29, 0.717) is 13.2 Å². The summed E-state index contributed by atoms with van der Waals surface area (Å²) >= 11 is 0. The average Bonchev–Trinajstić information content (AvgIpc) is 2.45. The van der Waals surface area contributed by atoms with Crippen molar-refractivity contribution in [1.82, 2.24) is 20.6 Å². The lowest BCUT2D eigenvalue weighted by molar-refractivity contribution is -0.120. The molecule has 20 heavy (non-hydrogen) atoms. The monoisotopic (exact) mass is 282 g/mol. The van der Waals surface area contributed by atoms with Gasteiger partial charge in [0, 0.05) is 13.7 Å². The molecule has 1 aromatic heterocycles. The first-order valence-corrected chi connectivity index (χ1v) is 5.63. The highest BCUT2D eigenvalue weighted by molar-refractivity contribution is 5.95. The van der Waals surface area contributed by atoms with Gasteiger partial charge in [-0.1, -0.05) is 0 Å². The summed E-state index contributed by atoms with van der Waals surface area (Å²) in [7, 11) is 1.51.